The van der Waals surface area contributed by atoms with Crippen LogP contribution in [0.2, 0.25) is 0 Å². The van der Waals surface area contributed by atoms with Crippen molar-refractivity contribution in [3.63, 3.8) is 0 Å². The van der Waals surface area contributed by atoms with Crippen molar-refractivity contribution in [2.45, 2.75) is 32.7 Å². The number of nitrogens with zero attached hydrogens (tertiary/aromatic N) is 4. The number of carbonyl (C=O) groups excluding carboxylic acids is 1. The zero-order valence-electron chi connectivity index (χ0n) is 26.4. The molecular formula is C35H30F2N4O6S. The van der Waals surface area contributed by atoms with Crippen molar-refractivity contribution in [2.75, 3.05) is 24.2 Å². The minimum Gasteiger partial charge on any atom is -0.465 e. The Hall–Kier alpha value is -5.14. The largest absolute Gasteiger partial charge is 0.465 e. The Kier molecular flexibility index (Phi) is 7.56. The molecule has 0 amide bonds. The Balaban J connectivity index is 1.48. The molecule has 0 spiro atoms. The summed E-state index contributed by atoms with van der Waals surface area (Å²) in [5.41, 5.74) is 3.51. The van der Waals surface area contributed by atoms with Crippen LogP contribution < -0.4 is 9.04 Å². The summed E-state index contributed by atoms with van der Waals surface area (Å²) >= 11 is 0. The highest BCUT2D eigenvalue weighted by Crippen LogP contribution is 2.45. The molecule has 0 fully saturated rings. The molecule has 0 saturated carbocycles. The van der Waals surface area contributed by atoms with Crippen molar-refractivity contribution in [1.29, 1.82) is 0 Å². The first-order valence-corrected chi connectivity index (χ1v) is 17.0. The summed E-state index contributed by atoms with van der Waals surface area (Å²) < 4.78 is 69.6. The van der Waals surface area contributed by atoms with Gasteiger partial charge in [0.25, 0.3) is 0 Å². The van der Waals surface area contributed by atoms with E-state index in [0.29, 0.717) is 50.2 Å². The summed E-state index contributed by atoms with van der Waals surface area (Å²) in [6, 6.07) is 15.9. The average molecular weight is 673 g/mol. The van der Waals surface area contributed by atoms with Crippen LogP contribution in [0.25, 0.3) is 55.8 Å². The number of aromatic nitrogens is 3. The Morgan fingerprint density at radius 2 is 1.92 bits per heavy atom. The molecule has 6 aromatic rings. The number of halogens is 2. The van der Waals surface area contributed by atoms with Gasteiger partial charge in [0, 0.05) is 47.6 Å². The Labute approximate surface area is 274 Å². The topological polar surface area (TPSA) is 128 Å². The van der Waals surface area contributed by atoms with E-state index < -0.39 is 28.2 Å². The van der Waals surface area contributed by atoms with Crippen LogP contribution in [-0.2, 0) is 10.0 Å². The molecule has 0 radical (unpaired) electrons. The number of ether oxygens (including phenoxy) is 1. The van der Waals surface area contributed by atoms with Crippen LogP contribution in [0.4, 0.5) is 14.5 Å². The number of fused-ring (bicyclic) bond motifs is 6. The van der Waals surface area contributed by atoms with Gasteiger partial charge in [-0.25, -0.2) is 22.2 Å². The second kappa shape index (κ2) is 11.5. The first-order valence-electron chi connectivity index (χ1n) is 15.2. The molecule has 1 N–H and O–H groups in total. The summed E-state index contributed by atoms with van der Waals surface area (Å²) in [5, 5.41) is 10.9. The van der Waals surface area contributed by atoms with Gasteiger partial charge < -0.3 is 18.8 Å². The number of furan rings is 1. The van der Waals surface area contributed by atoms with E-state index in [0.717, 1.165) is 10.6 Å². The normalized spacial score (nSPS) is 14.9. The zero-order valence-corrected chi connectivity index (χ0v) is 27.2. The number of anilines is 1. The number of pyridine rings is 2. The minimum atomic E-state index is -3.79. The van der Waals surface area contributed by atoms with E-state index in [-0.39, 0.29) is 47.1 Å². The molecule has 4 aromatic heterocycles. The highest BCUT2D eigenvalue weighted by atomic mass is 32.2. The van der Waals surface area contributed by atoms with Gasteiger partial charge in [0.1, 0.15) is 34.8 Å². The molecule has 0 saturated heterocycles. The molecule has 13 heteroatoms. The number of hydrogen-bond donors (Lipinski definition) is 1. The fraction of sp³-hybridized carbons (Fsp3) is 0.229. The fourth-order valence-electron chi connectivity index (χ4n) is 6.11. The Morgan fingerprint density at radius 3 is 2.58 bits per heavy atom. The minimum absolute atomic E-state index is 0.149. The molecule has 5 heterocycles. The SMILES string of the molecule is CCC(=O)c1c(-c2ccc(C(C)F)nc2)oc2cc(N(C)S(C)(=O)=O)c(-c3ccc4c(n3)-c3cc5c(F)cccc5n3C(CO)O4)cc12. The maximum absolute atomic E-state index is 14.9. The highest BCUT2D eigenvalue weighted by molar-refractivity contribution is 7.92. The molecular weight excluding hydrogens is 642 g/mol. The lowest BCUT2D eigenvalue weighted by Crippen LogP contribution is -2.26. The zero-order chi connectivity index (χ0) is 34.1. The van der Waals surface area contributed by atoms with Crippen LogP contribution in [0.5, 0.6) is 5.75 Å². The number of aliphatic hydroxyl groups is 1. The molecule has 1 aliphatic rings. The predicted octanol–water partition coefficient (Wildman–Crippen LogP) is 7.22. The van der Waals surface area contributed by atoms with Crippen LogP contribution in [0.3, 0.4) is 0 Å². The van der Waals surface area contributed by atoms with E-state index >= 15 is 0 Å². The second-order valence-corrected chi connectivity index (χ2v) is 13.7. The number of alkyl halides is 1. The van der Waals surface area contributed by atoms with Crippen molar-refractivity contribution >= 4 is 43.4 Å². The fourth-order valence-corrected chi connectivity index (χ4v) is 6.62. The van der Waals surface area contributed by atoms with Crippen LogP contribution in [0.1, 0.15) is 48.7 Å². The van der Waals surface area contributed by atoms with E-state index in [2.05, 4.69) is 4.98 Å². The van der Waals surface area contributed by atoms with Gasteiger partial charge in [0.2, 0.25) is 10.0 Å². The van der Waals surface area contributed by atoms with Crippen molar-refractivity contribution < 1.29 is 36.3 Å². The lowest BCUT2D eigenvalue weighted by molar-refractivity contribution is 0.0609. The molecule has 2 atom stereocenters. The van der Waals surface area contributed by atoms with Gasteiger partial charge in [-0.2, -0.15) is 0 Å². The number of benzene rings is 2. The quantitative estimate of drug-likeness (QED) is 0.168. The summed E-state index contributed by atoms with van der Waals surface area (Å²) in [5.74, 6) is -0.103. The Bertz CT molecular complexity index is 2370. The number of carbonyl (C=O) groups is 1. The van der Waals surface area contributed by atoms with E-state index in [1.54, 1.807) is 60.0 Å². The average Bonchev–Trinajstić information content (AvgIpc) is 3.66. The van der Waals surface area contributed by atoms with Crippen molar-refractivity contribution in [3.05, 3.63) is 83.9 Å². The van der Waals surface area contributed by atoms with E-state index in [9.17, 15) is 27.1 Å². The van der Waals surface area contributed by atoms with Crippen molar-refractivity contribution in [1.82, 2.24) is 14.5 Å². The molecule has 2 unspecified atom stereocenters. The molecule has 0 aliphatic carbocycles. The maximum Gasteiger partial charge on any atom is 0.232 e. The van der Waals surface area contributed by atoms with Crippen LogP contribution >= 0.6 is 0 Å². The summed E-state index contributed by atoms with van der Waals surface area (Å²) in [6.07, 6.45) is 0.540. The van der Waals surface area contributed by atoms with Gasteiger partial charge in [-0.15, -0.1) is 0 Å². The van der Waals surface area contributed by atoms with E-state index in [1.165, 1.54) is 32.3 Å². The first-order chi connectivity index (χ1) is 22.9. The molecule has 1 aliphatic heterocycles. The van der Waals surface area contributed by atoms with E-state index in [4.69, 9.17) is 14.1 Å². The molecule has 10 nitrogen and oxygen atoms in total. The lowest BCUT2D eigenvalue weighted by Gasteiger charge is -2.28. The van der Waals surface area contributed by atoms with Gasteiger partial charge in [0.05, 0.1) is 46.7 Å². The monoisotopic (exact) mass is 672 g/mol. The van der Waals surface area contributed by atoms with Gasteiger partial charge in [-0.05, 0) is 55.5 Å². The number of aliphatic hydroxyl groups excluding tert-OH is 1. The van der Waals surface area contributed by atoms with Gasteiger partial charge in [-0.1, -0.05) is 13.0 Å². The summed E-state index contributed by atoms with van der Waals surface area (Å²) in [7, 11) is -2.39. The first kappa shape index (κ1) is 31.5. The number of Topliss-reactive ketones (excluding diaryl/α,β-unsaturated/α-hetero) is 1. The molecule has 48 heavy (non-hydrogen) atoms. The molecule has 0 bridgehead atoms. The Morgan fingerprint density at radius 1 is 1.12 bits per heavy atom. The van der Waals surface area contributed by atoms with E-state index in [1.807, 2.05) is 0 Å². The molecule has 2 aromatic carbocycles. The maximum atomic E-state index is 14.9. The lowest BCUT2D eigenvalue weighted by atomic mass is 9.98. The van der Waals surface area contributed by atoms with Crippen molar-refractivity contribution in [2.24, 2.45) is 0 Å². The van der Waals surface area contributed by atoms with Gasteiger partial charge >= 0.3 is 0 Å². The summed E-state index contributed by atoms with van der Waals surface area (Å²) in [6.45, 7) is 2.72. The van der Waals surface area contributed by atoms with Gasteiger partial charge in [0.15, 0.2) is 12.0 Å². The second-order valence-electron chi connectivity index (χ2n) is 11.6. The third-order valence-electron chi connectivity index (χ3n) is 8.61. The number of ketones is 1. The van der Waals surface area contributed by atoms with Crippen LogP contribution in [0, 0.1) is 5.82 Å². The number of sulfonamides is 1. The predicted molar refractivity (Wildman–Crippen MR) is 178 cm³/mol. The molecule has 246 valence electrons. The van der Waals surface area contributed by atoms with Crippen molar-refractivity contribution in [3.8, 4) is 39.7 Å². The van der Waals surface area contributed by atoms with Crippen LogP contribution in [0.15, 0.2) is 71.3 Å². The third kappa shape index (κ3) is 5.01. The highest BCUT2D eigenvalue weighted by Gasteiger charge is 2.31. The van der Waals surface area contributed by atoms with Gasteiger partial charge in [-0.3, -0.25) is 14.1 Å². The summed E-state index contributed by atoms with van der Waals surface area (Å²) in [4.78, 5) is 22.5. The number of hydrogen-bond acceptors (Lipinski definition) is 8. The smallest absolute Gasteiger partial charge is 0.232 e. The van der Waals surface area contributed by atoms with Crippen LogP contribution in [-0.4, -0.2) is 53.8 Å². The third-order valence-corrected chi connectivity index (χ3v) is 9.80. The standard InChI is InChI=1S/C35H30F2N4O6S/c1-5-29(43)33-22-13-21(27(40(3)48(4,44)45)15-31(22)47-35(33)19-9-10-24(18(2)36)38-16-19)25-11-12-30-34(39-25)28-14-20-23(37)7-6-8-26(20)41(28)32(17-42)46-30/h6-16,18,32,42H,5,17H2,1-4H3. The number of rotatable bonds is 8. The molecule has 7 rings (SSSR count).